The van der Waals surface area contributed by atoms with Crippen molar-refractivity contribution in [2.45, 2.75) is 150 Å². The molecule has 5 amide bonds. The number of aliphatic hydroxyl groups is 1. The lowest BCUT2D eigenvalue weighted by Crippen LogP contribution is -2.59. The van der Waals surface area contributed by atoms with Crippen molar-refractivity contribution in [3.63, 3.8) is 0 Å². The fourth-order valence-corrected chi connectivity index (χ4v) is 20.5. The molecular formula is C84H108ClF3N12O11S4. The number of thioether (sulfide) groups is 1. The van der Waals surface area contributed by atoms with Gasteiger partial charge in [0, 0.05) is 144 Å². The Morgan fingerprint density at radius 2 is 1.47 bits per heavy atom. The number of aliphatic hydroxyl groups excluding tert-OH is 1. The number of aryl methyl sites for hydroxylation is 1. The van der Waals surface area contributed by atoms with Crippen molar-refractivity contribution in [2.75, 3.05) is 140 Å². The molecule has 0 bridgehead atoms. The van der Waals surface area contributed by atoms with Crippen molar-refractivity contribution in [3.8, 4) is 10.4 Å². The highest BCUT2D eigenvalue weighted by molar-refractivity contribution is 7.99. The summed E-state index contributed by atoms with van der Waals surface area (Å²) in [5, 5.41) is 20.6. The van der Waals surface area contributed by atoms with Crippen molar-refractivity contribution < 1.29 is 63.8 Å². The van der Waals surface area contributed by atoms with Crippen LogP contribution in [-0.4, -0.2) is 246 Å². The Hall–Kier alpha value is -7.49. The lowest BCUT2D eigenvalue weighted by molar-refractivity contribution is -0.144. The monoisotopic (exact) mass is 1680 g/mol. The number of amides is 5. The zero-order valence-electron chi connectivity index (χ0n) is 66.3. The number of thiazole rings is 1. The second-order valence-corrected chi connectivity index (χ2v) is 38.9. The van der Waals surface area contributed by atoms with Gasteiger partial charge in [0.15, 0.2) is 0 Å². The Morgan fingerprint density at radius 3 is 2.14 bits per heavy atom. The number of β-amino-alcohol motifs (C(OH)–C–C–N with tert-alkyl or cyclic N) is 1. The molecule has 115 heavy (non-hydrogen) atoms. The molecule has 5 saturated heterocycles. The van der Waals surface area contributed by atoms with E-state index in [2.05, 4.69) is 64.5 Å². The Morgan fingerprint density at radius 1 is 0.783 bits per heavy atom. The smallest absolute Gasteiger partial charge is 0.391 e. The van der Waals surface area contributed by atoms with Gasteiger partial charge in [-0.15, -0.1) is 23.1 Å². The summed E-state index contributed by atoms with van der Waals surface area (Å²) in [4.78, 5) is 88.9. The van der Waals surface area contributed by atoms with E-state index < -0.39 is 82.3 Å². The van der Waals surface area contributed by atoms with Gasteiger partial charge in [0.1, 0.15) is 17.0 Å². The molecule has 31 heteroatoms. The van der Waals surface area contributed by atoms with Gasteiger partial charge in [0.25, 0.3) is 25.8 Å². The summed E-state index contributed by atoms with van der Waals surface area (Å²) in [6, 6.07) is 31.4. The van der Waals surface area contributed by atoms with Gasteiger partial charge in [-0.3, -0.25) is 38.7 Å². The van der Waals surface area contributed by atoms with Crippen LogP contribution in [0, 0.1) is 23.7 Å². The third kappa shape index (κ3) is 22.7. The molecule has 622 valence electrons. The van der Waals surface area contributed by atoms with E-state index >= 15 is 0 Å². The number of carbonyl (C=O) groups is 5. The largest absolute Gasteiger partial charge is 0.501 e. The fourth-order valence-electron chi connectivity index (χ4n) is 16.6. The van der Waals surface area contributed by atoms with Crippen molar-refractivity contribution in [1.29, 1.82) is 0 Å². The highest BCUT2D eigenvalue weighted by atomic mass is 35.5. The summed E-state index contributed by atoms with van der Waals surface area (Å²) in [6.45, 7) is 23.5. The number of carbonyl (C=O) groups excluding carboxylic acids is 5. The van der Waals surface area contributed by atoms with Crippen LogP contribution in [0.25, 0.3) is 16.0 Å². The van der Waals surface area contributed by atoms with E-state index in [1.54, 1.807) is 23.5 Å². The topological polar surface area (TPSA) is 267 Å². The Labute approximate surface area is 687 Å². The van der Waals surface area contributed by atoms with Crippen LogP contribution in [0.2, 0.25) is 5.02 Å². The first-order valence-corrected chi connectivity index (χ1v) is 45.1. The maximum atomic E-state index is 14.5. The van der Waals surface area contributed by atoms with Crippen molar-refractivity contribution in [2.24, 2.45) is 16.7 Å². The van der Waals surface area contributed by atoms with Gasteiger partial charge in [-0.25, -0.2) is 26.5 Å². The zero-order chi connectivity index (χ0) is 82.0. The summed E-state index contributed by atoms with van der Waals surface area (Å²) in [5.74, 6) is -1.49. The van der Waals surface area contributed by atoms with Gasteiger partial charge in [-0.1, -0.05) is 99.5 Å². The van der Waals surface area contributed by atoms with E-state index in [9.17, 15) is 59.1 Å². The van der Waals surface area contributed by atoms with Gasteiger partial charge < -0.3 is 45.4 Å². The Kier molecular flexibility index (Phi) is 28.7. The number of hydrogen-bond donors (Lipinski definition) is 5. The number of nitrogens with zero attached hydrogens (tertiary/aromatic N) is 8. The number of ether oxygens (including phenoxy) is 1. The van der Waals surface area contributed by atoms with E-state index in [0.717, 1.165) is 134 Å². The molecule has 6 aliphatic rings. The predicted molar refractivity (Wildman–Crippen MR) is 444 cm³/mol. The normalized spacial score (nSPS) is 21.2. The minimum Gasteiger partial charge on any atom is -0.391 e. The number of piperazine rings is 2. The van der Waals surface area contributed by atoms with E-state index in [-0.39, 0.29) is 60.2 Å². The number of benzene rings is 5. The molecular weight excluding hydrogens is 1570 g/mol. The summed E-state index contributed by atoms with van der Waals surface area (Å²) in [6.07, 6.45) is 5.12. The van der Waals surface area contributed by atoms with Crippen LogP contribution in [0.5, 0.6) is 0 Å². The molecule has 5 N–H and O–H groups in total. The first kappa shape index (κ1) is 86.8. The highest BCUT2D eigenvalue weighted by Gasteiger charge is 2.49. The van der Waals surface area contributed by atoms with Crippen LogP contribution in [0.3, 0.4) is 0 Å². The number of allylic oxidation sites excluding steroid dienone is 1. The molecule has 5 aromatic carbocycles. The molecule has 6 heterocycles. The minimum absolute atomic E-state index is 0.0274. The molecule has 3 unspecified atom stereocenters. The zero-order valence-corrected chi connectivity index (χ0v) is 70.4. The van der Waals surface area contributed by atoms with Gasteiger partial charge in [-0.05, 0) is 178 Å². The number of rotatable bonds is 28. The second-order valence-electron chi connectivity index (χ2n) is 33.0. The van der Waals surface area contributed by atoms with Crippen LogP contribution in [0.4, 0.5) is 24.5 Å². The number of halogens is 4. The van der Waals surface area contributed by atoms with Gasteiger partial charge in [0.2, 0.25) is 23.6 Å². The van der Waals surface area contributed by atoms with E-state index in [0.29, 0.717) is 95.3 Å². The number of alkyl halides is 3. The number of aromatic nitrogens is 1. The molecule has 1 aromatic heterocycles. The molecule has 0 spiro atoms. The van der Waals surface area contributed by atoms with Crippen LogP contribution in [-0.2, 0) is 43.8 Å². The number of sulfonamides is 1. The minimum atomic E-state index is -6.12. The number of piperidine rings is 1. The third-order valence-electron chi connectivity index (χ3n) is 23.2. The average Bonchev–Trinajstić information content (AvgIpc) is 1.38. The molecule has 0 saturated carbocycles. The molecule has 5 aliphatic heterocycles. The average molecular weight is 1680 g/mol. The summed E-state index contributed by atoms with van der Waals surface area (Å²) >= 11 is 9.43. The molecule has 0 radical (unpaired) electrons. The van der Waals surface area contributed by atoms with E-state index in [4.69, 9.17) is 16.3 Å². The van der Waals surface area contributed by atoms with E-state index in [1.807, 2.05) is 116 Å². The SMILES string of the molecule is Cc1ncsc1-c1ccc([C@H](C)NC(=O)[C@@H]2C[C@@H](O)CN2C(=O)C(NC(=O)CN2CCC(CC(=O)N3CCN(CC4(C)CCC(c5ccc(Cl)cc5)=C(CN5CCN(c6ccc(C(=O)NS(=O)(=O)c7ccc(NC(CCN8CCCOCC8)CSc8ccccc8)c(S(=O)(=O)C(F)(F)F)c7)cc6)CC5)C4)CC3)CC2)C(C)(C)C)cc1. The summed E-state index contributed by atoms with van der Waals surface area (Å²) in [7, 11) is -11.0. The molecule has 5 fully saturated rings. The number of hydrogen-bond acceptors (Lipinski definition) is 20. The molecule has 6 atom stereocenters. The van der Waals surface area contributed by atoms with E-state index in [1.165, 1.54) is 39.9 Å². The van der Waals surface area contributed by atoms with Crippen LogP contribution in [0.1, 0.15) is 126 Å². The molecule has 23 nitrogen and oxygen atoms in total. The summed E-state index contributed by atoms with van der Waals surface area (Å²) < 4.78 is 105. The number of nitrogens with one attached hydrogen (secondary N) is 4. The van der Waals surface area contributed by atoms with Gasteiger partial charge in [-0.2, -0.15) is 13.2 Å². The highest BCUT2D eigenvalue weighted by Crippen LogP contribution is 2.45. The van der Waals surface area contributed by atoms with Crippen molar-refractivity contribution in [1.82, 2.24) is 49.7 Å². The van der Waals surface area contributed by atoms with Crippen LogP contribution in [0.15, 0.2) is 147 Å². The van der Waals surface area contributed by atoms with Gasteiger partial charge in [0.05, 0.1) is 52.0 Å². The van der Waals surface area contributed by atoms with Crippen LogP contribution >= 0.6 is 34.7 Å². The lowest BCUT2D eigenvalue weighted by atomic mass is 9.71. The third-order valence-corrected chi connectivity index (χ3v) is 28.5. The van der Waals surface area contributed by atoms with Crippen molar-refractivity contribution in [3.05, 3.63) is 160 Å². The maximum Gasteiger partial charge on any atom is 0.501 e. The second kappa shape index (κ2) is 38.1. The number of likely N-dealkylation sites (tertiary alicyclic amines) is 2. The maximum absolute atomic E-state index is 14.5. The van der Waals surface area contributed by atoms with Gasteiger partial charge >= 0.3 is 5.51 Å². The first-order valence-electron chi connectivity index (χ1n) is 39.9. The fraction of sp³-hybridized carbons (Fsp3) is 0.524. The number of sulfone groups is 1. The quantitative estimate of drug-likeness (QED) is 0.0286. The summed E-state index contributed by atoms with van der Waals surface area (Å²) in [5.41, 5.74) is 2.35. The van der Waals surface area contributed by atoms with Crippen molar-refractivity contribution >= 4 is 101 Å². The van der Waals surface area contributed by atoms with Crippen LogP contribution < -0.4 is 25.6 Å². The standard InChI is InChI=1S/C84H108ClF3N12O11S4/c1-57(60-13-15-62(16-14-60)77-58(2)89-56-113-77)90-80(105)73-48-68(101)52-100(73)81(106)78(82(3,4)5)92-75(102)53-95-33-28-59(29-34-95)47-76(103)99-42-38-97(39-43-99)55-83(6)31-27-71(61-17-21-65(85)22-18-61)64(50-83)51-96-36-40-98(41-37-96)67-23-19-63(20-24-67)79(104)93-115(109,110)70-25-26-72(74(49-70)114(107,108)84(86,87)88)91-66(54-112-69-11-8-7-9-12-69)30-35-94-32-10-45-111-46-44-94/h7-9,11-26,49,56-57,59,66,68,73,78,91,101H,10,27-48,50-55H2,1-6H3,(H,90,105)(H,92,102)(H,93,104)/t57-,66?,68+,73-,78?,83?/m0/s1. The lowest BCUT2D eigenvalue weighted by Gasteiger charge is -2.44. The number of anilines is 2. The Bertz CT molecular complexity index is 4630. The molecule has 1 aliphatic carbocycles. The molecule has 6 aromatic rings. The Balaban J connectivity index is 0.594. The first-order chi connectivity index (χ1) is 54.7. The molecule has 12 rings (SSSR count). The predicted octanol–water partition coefficient (Wildman–Crippen LogP) is 11.3.